The van der Waals surface area contributed by atoms with Crippen LogP contribution < -0.4 is 14.2 Å². The smallest absolute Gasteiger partial charge is 0.241 e. The first kappa shape index (κ1) is 14.6. The minimum Gasteiger partial charge on any atom is -0.486 e. The second kappa shape index (κ2) is 5.84. The van der Waals surface area contributed by atoms with Gasteiger partial charge in [0.15, 0.2) is 11.5 Å². The standard InChI is InChI=1S/C13H12ClNO4S2/c14-13-4-1-9(20-13)8-15-21(16,17)10-2-3-11-12(7-10)19-6-5-18-11/h1-4,7,15H,5-6,8H2. The number of nitrogens with one attached hydrogen (secondary N) is 1. The van der Waals surface area contributed by atoms with Crippen molar-refractivity contribution in [2.75, 3.05) is 13.2 Å². The summed E-state index contributed by atoms with van der Waals surface area (Å²) in [6, 6.07) is 8.10. The van der Waals surface area contributed by atoms with Crippen LogP contribution in [-0.4, -0.2) is 21.6 Å². The zero-order chi connectivity index (χ0) is 14.9. The molecule has 5 nitrogen and oxygen atoms in total. The Hall–Kier alpha value is -1.28. The van der Waals surface area contributed by atoms with Crippen molar-refractivity contribution < 1.29 is 17.9 Å². The highest BCUT2D eigenvalue weighted by Crippen LogP contribution is 2.32. The lowest BCUT2D eigenvalue weighted by molar-refractivity contribution is 0.171. The quantitative estimate of drug-likeness (QED) is 0.925. The normalized spacial score (nSPS) is 14.1. The van der Waals surface area contributed by atoms with E-state index in [4.69, 9.17) is 21.1 Å². The topological polar surface area (TPSA) is 64.6 Å². The van der Waals surface area contributed by atoms with Crippen LogP contribution in [0.3, 0.4) is 0 Å². The van der Waals surface area contributed by atoms with Crippen LogP contribution in [0.25, 0.3) is 0 Å². The fourth-order valence-electron chi connectivity index (χ4n) is 1.89. The van der Waals surface area contributed by atoms with Gasteiger partial charge in [0.05, 0.1) is 9.23 Å². The Morgan fingerprint density at radius 3 is 2.62 bits per heavy atom. The summed E-state index contributed by atoms with van der Waals surface area (Å²) in [7, 11) is -3.60. The molecule has 0 aliphatic carbocycles. The zero-order valence-corrected chi connectivity index (χ0v) is 13.2. The van der Waals surface area contributed by atoms with Gasteiger partial charge in [-0.05, 0) is 24.3 Å². The lowest BCUT2D eigenvalue weighted by atomic mass is 10.3. The van der Waals surface area contributed by atoms with Gasteiger partial charge in [0, 0.05) is 17.5 Å². The van der Waals surface area contributed by atoms with Crippen LogP contribution in [0, 0.1) is 0 Å². The first-order chi connectivity index (χ1) is 10.0. The molecular formula is C13H12ClNO4S2. The van der Waals surface area contributed by atoms with E-state index in [1.54, 1.807) is 18.2 Å². The van der Waals surface area contributed by atoms with E-state index in [-0.39, 0.29) is 11.4 Å². The van der Waals surface area contributed by atoms with Crippen molar-refractivity contribution in [3.05, 3.63) is 39.5 Å². The van der Waals surface area contributed by atoms with Gasteiger partial charge in [0.25, 0.3) is 0 Å². The average Bonchev–Trinajstić information content (AvgIpc) is 2.90. The van der Waals surface area contributed by atoms with E-state index in [2.05, 4.69) is 4.72 Å². The predicted octanol–water partition coefficient (Wildman–Crippen LogP) is 2.65. The van der Waals surface area contributed by atoms with Gasteiger partial charge in [0.1, 0.15) is 13.2 Å². The third-order valence-electron chi connectivity index (χ3n) is 2.89. The van der Waals surface area contributed by atoms with E-state index in [0.29, 0.717) is 29.0 Å². The van der Waals surface area contributed by atoms with Gasteiger partial charge in [-0.1, -0.05) is 11.6 Å². The molecule has 0 saturated carbocycles. The van der Waals surface area contributed by atoms with Crippen molar-refractivity contribution in [1.82, 2.24) is 4.72 Å². The van der Waals surface area contributed by atoms with Crippen molar-refractivity contribution in [1.29, 1.82) is 0 Å². The van der Waals surface area contributed by atoms with Crippen molar-refractivity contribution in [2.45, 2.75) is 11.4 Å². The number of fused-ring (bicyclic) bond motifs is 1. The predicted molar refractivity (Wildman–Crippen MR) is 80.8 cm³/mol. The van der Waals surface area contributed by atoms with Crippen LogP contribution in [-0.2, 0) is 16.6 Å². The van der Waals surface area contributed by atoms with Crippen LogP contribution in [0.4, 0.5) is 0 Å². The van der Waals surface area contributed by atoms with Crippen LogP contribution >= 0.6 is 22.9 Å². The fraction of sp³-hybridized carbons (Fsp3) is 0.231. The molecular weight excluding hydrogens is 334 g/mol. The van der Waals surface area contributed by atoms with Crippen LogP contribution in [0.2, 0.25) is 4.34 Å². The first-order valence-electron chi connectivity index (χ1n) is 6.18. The molecule has 8 heteroatoms. The van der Waals surface area contributed by atoms with Crippen molar-refractivity contribution >= 4 is 33.0 Å². The van der Waals surface area contributed by atoms with E-state index in [1.165, 1.54) is 23.5 Å². The molecule has 0 bridgehead atoms. The van der Waals surface area contributed by atoms with E-state index >= 15 is 0 Å². The number of hydrogen-bond donors (Lipinski definition) is 1. The third-order valence-corrected chi connectivity index (χ3v) is 5.52. The Balaban J connectivity index is 1.78. The second-order valence-corrected chi connectivity index (χ2v) is 7.90. The molecule has 1 aromatic heterocycles. The molecule has 1 N–H and O–H groups in total. The number of thiophene rings is 1. The Kier molecular flexibility index (Phi) is 4.08. The van der Waals surface area contributed by atoms with Gasteiger partial charge in [-0.2, -0.15) is 0 Å². The van der Waals surface area contributed by atoms with Gasteiger partial charge >= 0.3 is 0 Å². The monoisotopic (exact) mass is 345 g/mol. The Bertz CT molecular complexity index is 757. The molecule has 0 saturated heterocycles. The summed E-state index contributed by atoms with van der Waals surface area (Å²) < 4.78 is 38.5. The number of halogens is 1. The average molecular weight is 346 g/mol. The third kappa shape index (κ3) is 3.32. The molecule has 0 fully saturated rings. The Morgan fingerprint density at radius 2 is 1.90 bits per heavy atom. The van der Waals surface area contributed by atoms with Crippen molar-refractivity contribution in [2.24, 2.45) is 0 Å². The summed E-state index contributed by atoms with van der Waals surface area (Å²) in [4.78, 5) is 0.996. The highest BCUT2D eigenvalue weighted by Gasteiger charge is 2.19. The van der Waals surface area contributed by atoms with Crippen molar-refractivity contribution in [3.8, 4) is 11.5 Å². The van der Waals surface area contributed by atoms with Crippen LogP contribution in [0.1, 0.15) is 4.88 Å². The van der Waals surface area contributed by atoms with E-state index in [0.717, 1.165) is 4.88 Å². The highest BCUT2D eigenvalue weighted by atomic mass is 35.5. The van der Waals surface area contributed by atoms with Crippen LogP contribution in [0.15, 0.2) is 35.2 Å². The number of rotatable bonds is 4. The van der Waals surface area contributed by atoms with Gasteiger partial charge in [-0.25, -0.2) is 13.1 Å². The Labute approximate surface area is 131 Å². The molecule has 0 spiro atoms. The molecule has 3 rings (SSSR count). The SMILES string of the molecule is O=S(=O)(NCc1ccc(Cl)s1)c1ccc2c(c1)OCCO2. The maximum absolute atomic E-state index is 12.3. The largest absolute Gasteiger partial charge is 0.486 e. The molecule has 0 radical (unpaired) electrons. The summed E-state index contributed by atoms with van der Waals surface area (Å²) in [5.74, 6) is 1.01. The lowest BCUT2D eigenvalue weighted by Gasteiger charge is -2.18. The molecule has 2 aromatic rings. The fourth-order valence-corrected chi connectivity index (χ4v) is 4.03. The van der Waals surface area contributed by atoms with Gasteiger partial charge in [-0.3, -0.25) is 0 Å². The van der Waals surface area contributed by atoms with E-state index in [1.807, 2.05) is 0 Å². The molecule has 0 amide bonds. The minimum absolute atomic E-state index is 0.148. The molecule has 21 heavy (non-hydrogen) atoms. The molecule has 0 unspecified atom stereocenters. The summed E-state index contributed by atoms with van der Waals surface area (Å²) in [6.07, 6.45) is 0. The van der Waals surface area contributed by atoms with Crippen LogP contribution in [0.5, 0.6) is 11.5 Å². The molecule has 2 heterocycles. The maximum atomic E-state index is 12.3. The maximum Gasteiger partial charge on any atom is 0.241 e. The number of sulfonamides is 1. The minimum atomic E-state index is -3.60. The van der Waals surface area contributed by atoms with Gasteiger partial charge in [0.2, 0.25) is 10.0 Å². The second-order valence-electron chi connectivity index (χ2n) is 4.34. The first-order valence-corrected chi connectivity index (χ1v) is 8.86. The van der Waals surface area contributed by atoms with Gasteiger partial charge in [-0.15, -0.1) is 11.3 Å². The molecule has 0 atom stereocenters. The molecule has 1 aromatic carbocycles. The summed E-state index contributed by atoms with van der Waals surface area (Å²) in [6.45, 7) is 1.09. The summed E-state index contributed by atoms with van der Waals surface area (Å²) in [5.41, 5.74) is 0. The number of ether oxygens (including phenoxy) is 2. The Morgan fingerprint density at radius 1 is 1.14 bits per heavy atom. The number of hydrogen-bond acceptors (Lipinski definition) is 5. The van der Waals surface area contributed by atoms with E-state index < -0.39 is 10.0 Å². The molecule has 112 valence electrons. The zero-order valence-electron chi connectivity index (χ0n) is 10.8. The van der Waals surface area contributed by atoms with Gasteiger partial charge < -0.3 is 9.47 Å². The lowest BCUT2D eigenvalue weighted by Crippen LogP contribution is -2.23. The summed E-state index contributed by atoms with van der Waals surface area (Å²) >= 11 is 7.16. The molecule has 1 aliphatic rings. The summed E-state index contributed by atoms with van der Waals surface area (Å²) in [5, 5.41) is 0. The highest BCUT2D eigenvalue weighted by molar-refractivity contribution is 7.89. The van der Waals surface area contributed by atoms with E-state index in [9.17, 15) is 8.42 Å². The number of benzene rings is 1. The van der Waals surface area contributed by atoms with Crippen molar-refractivity contribution in [3.63, 3.8) is 0 Å². The molecule has 1 aliphatic heterocycles.